The Kier molecular flexibility index (Phi) is 19.4. The van der Waals surface area contributed by atoms with Crippen molar-refractivity contribution in [2.75, 3.05) is 7.11 Å². The number of benzene rings is 4. The standard InChI is InChI=1S/C22H32O2.C21H30O2S.C20H28O3.C15H20O/c1-14(2)20-16-8-11-19-21(4,5)12-7-13-22(19,6)17(16)9-10-18(20)24-15(3)23;1-13(2)18-14-7-10-17-20(3,15(14)8-9-16(18)24)11-6-12-21(17,4)19(22)23-5;1-12(2)17-13-6-9-16-19(3,14(13)7-8-15(17)21)10-5-11-20(16,4)18(22)23;1-15-9-8-13(16)10-12(15)7-6-11-4-2-3-5-14(11)15/h9-10,14,19H,7-8,11-13H2,1-6H3;8-9,13,17,24H,6-7,10-12H2,1-5H3;7-8,12,16,21H,5-6,9-11H2,1-4H3,(H,22,23);2-5,12-13,16H,6-10H2,1H3/t19?,22-;17?,20-,21+;;12-,13-,15+/m00.0/s1. The molecule has 4 aromatic rings. The normalized spacial score (nSPS) is 32.4. The molecule has 0 saturated heterocycles. The van der Waals surface area contributed by atoms with Crippen LogP contribution in [0.1, 0.15) is 286 Å². The highest BCUT2D eigenvalue weighted by Gasteiger charge is 2.58. The minimum Gasteiger partial charge on any atom is -0.508 e. The maximum Gasteiger partial charge on any atom is 0.311 e. The predicted molar refractivity (Wildman–Crippen MR) is 356 cm³/mol. The van der Waals surface area contributed by atoms with Crippen molar-refractivity contribution in [1.29, 1.82) is 0 Å². The van der Waals surface area contributed by atoms with E-state index in [2.05, 4.69) is 139 Å². The van der Waals surface area contributed by atoms with Crippen LogP contribution in [-0.4, -0.2) is 46.4 Å². The lowest BCUT2D eigenvalue weighted by Crippen LogP contribution is -2.52. The minimum absolute atomic E-state index is 0.0308. The number of carbonyl (C=O) groups is 3. The summed E-state index contributed by atoms with van der Waals surface area (Å²) in [6.45, 7) is 33.1. The average molecular weight is 1210 g/mol. The summed E-state index contributed by atoms with van der Waals surface area (Å²) in [4.78, 5) is 37.2. The molecule has 11 atom stereocenters. The third-order valence-corrected chi connectivity index (χ3v) is 25.3. The molecule has 0 radical (unpaired) electrons. The molecule has 0 aromatic heterocycles. The van der Waals surface area contributed by atoms with Crippen molar-refractivity contribution in [3.63, 3.8) is 0 Å². The van der Waals surface area contributed by atoms with Crippen LogP contribution in [0.15, 0.2) is 65.6 Å². The Hall–Kier alpha value is -4.60. The van der Waals surface area contributed by atoms with Gasteiger partial charge >= 0.3 is 17.9 Å². The number of thiol groups is 1. The van der Waals surface area contributed by atoms with Crippen LogP contribution in [0.4, 0.5) is 0 Å². The number of carbonyl (C=O) groups excluding carboxylic acids is 2. The fraction of sp³-hybridized carbons (Fsp3) is 0.654. The second-order valence-corrected chi connectivity index (χ2v) is 32.0. The molecule has 476 valence electrons. The summed E-state index contributed by atoms with van der Waals surface area (Å²) < 4.78 is 10.7. The molecule has 0 amide bonds. The molecule has 8 aliphatic carbocycles. The second kappa shape index (κ2) is 25.2. The number of hydrogen-bond donors (Lipinski definition) is 4. The average Bonchev–Trinajstić information content (AvgIpc) is 0.790. The molecular formula is C78H110O8S. The highest BCUT2D eigenvalue weighted by Crippen LogP contribution is 2.62. The number of carboxylic acid groups (broad SMARTS) is 1. The summed E-state index contributed by atoms with van der Waals surface area (Å²) in [6, 6.07) is 21.5. The van der Waals surface area contributed by atoms with Gasteiger partial charge in [0.25, 0.3) is 0 Å². The van der Waals surface area contributed by atoms with Gasteiger partial charge in [0.15, 0.2) is 0 Å². The van der Waals surface area contributed by atoms with Crippen molar-refractivity contribution < 1.29 is 39.2 Å². The van der Waals surface area contributed by atoms with Crippen LogP contribution >= 0.6 is 12.6 Å². The van der Waals surface area contributed by atoms with E-state index >= 15 is 0 Å². The maximum absolute atomic E-state index is 12.6. The second-order valence-electron chi connectivity index (χ2n) is 31.6. The summed E-state index contributed by atoms with van der Waals surface area (Å²) in [7, 11) is 1.53. The number of aliphatic hydroxyl groups is 1. The Morgan fingerprint density at radius 2 is 1.03 bits per heavy atom. The molecule has 3 N–H and O–H groups in total. The smallest absolute Gasteiger partial charge is 0.311 e. The minimum atomic E-state index is -0.653. The van der Waals surface area contributed by atoms with Crippen molar-refractivity contribution in [3.05, 3.63) is 122 Å². The number of rotatable bonds is 6. The van der Waals surface area contributed by atoms with Gasteiger partial charge in [0.2, 0.25) is 0 Å². The third kappa shape index (κ3) is 11.9. The Labute approximate surface area is 530 Å². The van der Waals surface area contributed by atoms with Gasteiger partial charge in [0.05, 0.1) is 24.0 Å². The summed E-state index contributed by atoms with van der Waals surface area (Å²) in [6.07, 6.45) is 21.6. The van der Waals surface area contributed by atoms with Crippen LogP contribution in [0.2, 0.25) is 0 Å². The number of aliphatic hydroxyl groups excluding tert-OH is 1. The molecule has 4 aromatic carbocycles. The van der Waals surface area contributed by atoms with E-state index in [-0.39, 0.29) is 51.5 Å². The lowest BCUT2D eigenvalue weighted by atomic mass is 9.49. The van der Waals surface area contributed by atoms with Gasteiger partial charge in [-0.25, -0.2) is 0 Å². The largest absolute Gasteiger partial charge is 0.508 e. The first kappa shape index (κ1) is 66.8. The SMILES string of the molecule is CC(=O)Oc1ccc2c(c1C(C)C)CCC1C(C)(C)CCC[C@@]21C.CC(C)c1c(O)ccc2c1CCC1C(C)(C(=O)O)CCCC21C.COC(=O)[C@]1(C)CCC[C@@]2(C)c3ccc(S)c(C(C)C)c3CCC12.C[C@@]12CC[C@H](O)C[C@@H]1CCc1ccccc12. The van der Waals surface area contributed by atoms with Crippen molar-refractivity contribution in [1.82, 2.24) is 0 Å². The van der Waals surface area contributed by atoms with Crippen LogP contribution in [0.3, 0.4) is 0 Å². The first-order chi connectivity index (χ1) is 40.8. The quantitative estimate of drug-likeness (QED) is 0.0853. The topological polar surface area (TPSA) is 130 Å². The van der Waals surface area contributed by atoms with E-state index in [4.69, 9.17) is 22.1 Å². The predicted octanol–water partition coefficient (Wildman–Crippen LogP) is 18.7. The number of esters is 2. The van der Waals surface area contributed by atoms with E-state index < -0.39 is 11.4 Å². The zero-order valence-electron chi connectivity index (χ0n) is 56.4. The van der Waals surface area contributed by atoms with Crippen molar-refractivity contribution in [2.45, 2.75) is 283 Å². The molecule has 87 heavy (non-hydrogen) atoms. The summed E-state index contributed by atoms with van der Waals surface area (Å²) in [5.74, 6) is 3.31. The van der Waals surface area contributed by atoms with Gasteiger partial charge in [-0.05, 0) is 265 Å². The van der Waals surface area contributed by atoms with E-state index in [1.165, 1.54) is 103 Å². The molecule has 9 heteroatoms. The van der Waals surface area contributed by atoms with Crippen molar-refractivity contribution in [2.24, 2.45) is 39.9 Å². The number of phenols is 1. The maximum atomic E-state index is 12.6. The fourth-order valence-corrected chi connectivity index (χ4v) is 21.2. The van der Waals surface area contributed by atoms with E-state index in [1.54, 1.807) is 5.56 Å². The van der Waals surface area contributed by atoms with E-state index in [1.807, 2.05) is 19.1 Å². The highest BCUT2D eigenvalue weighted by molar-refractivity contribution is 7.80. The number of ether oxygens (including phenoxy) is 2. The first-order valence-corrected chi connectivity index (χ1v) is 34.4. The van der Waals surface area contributed by atoms with Crippen LogP contribution in [0, 0.1) is 39.9 Å². The summed E-state index contributed by atoms with van der Waals surface area (Å²) >= 11 is 4.72. The number of hydrogen-bond acceptors (Lipinski definition) is 8. The summed E-state index contributed by atoms with van der Waals surface area (Å²) in [5, 5.41) is 30.0. The van der Waals surface area contributed by atoms with Crippen LogP contribution in [-0.2, 0) is 66.5 Å². The van der Waals surface area contributed by atoms with E-state index in [0.717, 1.165) is 112 Å². The summed E-state index contributed by atoms with van der Waals surface area (Å²) in [5.41, 5.74) is 15.2. The molecule has 8 aliphatic rings. The molecule has 0 spiro atoms. The van der Waals surface area contributed by atoms with Gasteiger partial charge in [0, 0.05) is 17.4 Å². The lowest BCUT2D eigenvalue weighted by molar-refractivity contribution is -0.161. The number of fused-ring (bicyclic) bond motifs is 12. The molecule has 4 saturated carbocycles. The molecule has 4 fully saturated rings. The third-order valence-electron chi connectivity index (χ3n) is 24.9. The number of methoxy groups -OCH3 is 1. The zero-order valence-corrected chi connectivity index (χ0v) is 57.3. The van der Waals surface area contributed by atoms with Crippen LogP contribution in [0.25, 0.3) is 0 Å². The number of aromatic hydroxyl groups is 1. The van der Waals surface area contributed by atoms with Gasteiger partial charge < -0.3 is 24.8 Å². The lowest BCUT2D eigenvalue weighted by Gasteiger charge is -2.54. The molecular weight excluding hydrogens is 1100 g/mol. The zero-order chi connectivity index (χ0) is 63.6. The first-order valence-electron chi connectivity index (χ1n) is 34.0. The number of phenolic OH excluding ortho intramolecular Hbond substituents is 1. The van der Waals surface area contributed by atoms with Gasteiger partial charge in [-0.15, -0.1) is 12.6 Å². The molecule has 12 rings (SSSR count). The molecule has 5 unspecified atom stereocenters. The Morgan fingerprint density at radius 3 is 1.60 bits per heavy atom. The van der Waals surface area contributed by atoms with E-state index in [0.29, 0.717) is 40.3 Å². The van der Waals surface area contributed by atoms with Gasteiger partial charge in [-0.1, -0.05) is 145 Å². The number of aliphatic carboxylic acids is 1. The Bertz CT molecular complexity index is 3210. The Balaban J connectivity index is 0.000000140. The highest BCUT2D eigenvalue weighted by atomic mass is 32.1. The van der Waals surface area contributed by atoms with Gasteiger partial charge in [-0.2, -0.15) is 0 Å². The Morgan fingerprint density at radius 1 is 0.540 bits per heavy atom. The van der Waals surface area contributed by atoms with Crippen LogP contribution < -0.4 is 4.74 Å². The van der Waals surface area contributed by atoms with E-state index in [9.17, 15) is 29.7 Å². The van der Waals surface area contributed by atoms with Crippen LogP contribution in [0.5, 0.6) is 11.5 Å². The molecule has 0 bridgehead atoms. The molecule has 0 heterocycles. The monoisotopic (exact) mass is 1210 g/mol. The number of carboxylic acids is 1. The van der Waals surface area contributed by atoms with Gasteiger partial charge in [-0.3, -0.25) is 14.4 Å². The van der Waals surface area contributed by atoms with Gasteiger partial charge in [0.1, 0.15) is 11.5 Å². The molecule has 0 aliphatic heterocycles. The molecule has 8 nitrogen and oxygen atoms in total. The number of aryl methyl sites for hydroxylation is 1. The van der Waals surface area contributed by atoms with Crippen molar-refractivity contribution >= 4 is 30.5 Å². The fourth-order valence-electron chi connectivity index (χ4n) is 20.7. The van der Waals surface area contributed by atoms with Crippen molar-refractivity contribution in [3.8, 4) is 11.5 Å².